The highest BCUT2D eigenvalue weighted by molar-refractivity contribution is 5.67. The van der Waals surface area contributed by atoms with E-state index in [-0.39, 0.29) is 11.6 Å². The summed E-state index contributed by atoms with van der Waals surface area (Å²) in [6.07, 6.45) is 1.39. The first-order chi connectivity index (χ1) is 9.72. The molecular formula is C16H10F2N2. The van der Waals surface area contributed by atoms with E-state index in [1.807, 2.05) is 0 Å². The Hall–Kier alpha value is -2.62. The van der Waals surface area contributed by atoms with Crippen LogP contribution in [0.4, 0.5) is 8.78 Å². The highest BCUT2D eigenvalue weighted by atomic mass is 19.1. The summed E-state index contributed by atoms with van der Waals surface area (Å²) < 4.78 is 26.5. The van der Waals surface area contributed by atoms with E-state index in [9.17, 15) is 8.78 Å². The summed E-state index contributed by atoms with van der Waals surface area (Å²) in [4.78, 5) is 8.25. The molecule has 2 nitrogen and oxygen atoms in total. The summed E-state index contributed by atoms with van der Waals surface area (Å²) in [7, 11) is 0. The fraction of sp³-hybridized carbons (Fsp3) is 0. The van der Waals surface area contributed by atoms with E-state index in [0.717, 1.165) is 0 Å². The van der Waals surface area contributed by atoms with Crippen molar-refractivity contribution in [3.63, 3.8) is 0 Å². The van der Waals surface area contributed by atoms with Crippen molar-refractivity contribution in [3.05, 3.63) is 72.6 Å². The van der Waals surface area contributed by atoms with Gasteiger partial charge >= 0.3 is 0 Å². The van der Waals surface area contributed by atoms with Crippen molar-refractivity contribution in [2.45, 2.75) is 0 Å². The maximum absolute atomic E-state index is 13.2. The van der Waals surface area contributed by atoms with E-state index in [4.69, 9.17) is 0 Å². The van der Waals surface area contributed by atoms with Gasteiger partial charge in [0.2, 0.25) is 0 Å². The molecule has 0 saturated heterocycles. The van der Waals surface area contributed by atoms with Crippen molar-refractivity contribution in [2.75, 3.05) is 0 Å². The number of benzene rings is 2. The largest absolute Gasteiger partial charge is 0.236 e. The molecule has 1 aromatic heterocycles. The van der Waals surface area contributed by atoms with Gasteiger partial charge in [0.05, 0.1) is 11.4 Å². The molecule has 0 saturated carbocycles. The zero-order valence-corrected chi connectivity index (χ0v) is 10.4. The van der Waals surface area contributed by atoms with Gasteiger partial charge in [-0.15, -0.1) is 0 Å². The molecule has 98 valence electrons. The highest BCUT2D eigenvalue weighted by Crippen LogP contribution is 2.23. The highest BCUT2D eigenvalue weighted by Gasteiger charge is 2.05. The fourth-order valence-corrected chi connectivity index (χ4v) is 1.97. The average Bonchev–Trinajstić information content (AvgIpc) is 2.47. The second-order valence-corrected chi connectivity index (χ2v) is 4.31. The third-order valence-corrected chi connectivity index (χ3v) is 2.91. The van der Waals surface area contributed by atoms with E-state index in [0.29, 0.717) is 22.5 Å². The van der Waals surface area contributed by atoms with Crippen molar-refractivity contribution in [3.8, 4) is 22.5 Å². The van der Waals surface area contributed by atoms with Gasteiger partial charge in [0.1, 0.15) is 18.0 Å². The second kappa shape index (κ2) is 5.17. The van der Waals surface area contributed by atoms with E-state index in [2.05, 4.69) is 9.97 Å². The Labute approximate surface area is 114 Å². The first-order valence-electron chi connectivity index (χ1n) is 6.06. The number of nitrogens with zero attached hydrogens (tertiary/aromatic N) is 2. The number of hydrogen-bond donors (Lipinski definition) is 0. The molecule has 0 fully saturated rings. The van der Waals surface area contributed by atoms with Crippen LogP contribution >= 0.6 is 0 Å². The zero-order chi connectivity index (χ0) is 13.9. The summed E-state index contributed by atoms with van der Waals surface area (Å²) in [5.41, 5.74) is 2.51. The van der Waals surface area contributed by atoms with Gasteiger partial charge in [-0.05, 0) is 30.3 Å². The SMILES string of the molecule is Fc1cccc(-c2cc(-c3cccc(F)c3)ncn2)c1. The summed E-state index contributed by atoms with van der Waals surface area (Å²) >= 11 is 0. The third-order valence-electron chi connectivity index (χ3n) is 2.91. The Kier molecular flexibility index (Phi) is 3.21. The summed E-state index contributed by atoms with van der Waals surface area (Å²) in [6, 6.07) is 14.0. The second-order valence-electron chi connectivity index (χ2n) is 4.31. The Morgan fingerprint density at radius 3 is 1.60 bits per heavy atom. The molecule has 0 aliphatic rings. The van der Waals surface area contributed by atoms with Crippen molar-refractivity contribution in [1.82, 2.24) is 9.97 Å². The van der Waals surface area contributed by atoms with Crippen LogP contribution in [0.5, 0.6) is 0 Å². The van der Waals surface area contributed by atoms with Crippen LogP contribution in [0.25, 0.3) is 22.5 Å². The maximum atomic E-state index is 13.2. The van der Waals surface area contributed by atoms with Crippen molar-refractivity contribution < 1.29 is 8.78 Å². The van der Waals surface area contributed by atoms with Crippen LogP contribution in [0.15, 0.2) is 60.9 Å². The summed E-state index contributed by atoms with van der Waals surface area (Å²) in [5.74, 6) is -0.651. The van der Waals surface area contributed by atoms with Crippen molar-refractivity contribution in [1.29, 1.82) is 0 Å². The smallest absolute Gasteiger partial charge is 0.123 e. The molecule has 4 heteroatoms. The molecule has 0 amide bonds. The molecular weight excluding hydrogens is 258 g/mol. The van der Waals surface area contributed by atoms with E-state index in [1.54, 1.807) is 30.3 Å². The summed E-state index contributed by atoms with van der Waals surface area (Å²) in [6.45, 7) is 0. The first-order valence-corrected chi connectivity index (χ1v) is 6.06. The molecule has 0 unspecified atom stereocenters. The van der Waals surface area contributed by atoms with Crippen LogP contribution in [0.2, 0.25) is 0 Å². The van der Waals surface area contributed by atoms with Crippen LogP contribution < -0.4 is 0 Å². The number of hydrogen-bond acceptors (Lipinski definition) is 2. The third kappa shape index (κ3) is 2.54. The molecule has 0 spiro atoms. The van der Waals surface area contributed by atoms with Gasteiger partial charge in [0, 0.05) is 11.1 Å². The lowest BCUT2D eigenvalue weighted by molar-refractivity contribution is 0.628. The standard InChI is InChI=1S/C16H10F2N2/c17-13-5-1-3-11(7-13)15-9-16(20-10-19-15)12-4-2-6-14(18)8-12/h1-10H. The monoisotopic (exact) mass is 268 g/mol. The predicted molar refractivity (Wildman–Crippen MR) is 72.8 cm³/mol. The minimum absolute atomic E-state index is 0.326. The van der Waals surface area contributed by atoms with Gasteiger partial charge in [-0.1, -0.05) is 24.3 Å². The normalized spacial score (nSPS) is 10.5. The van der Waals surface area contributed by atoms with Gasteiger partial charge in [0.15, 0.2) is 0 Å². The van der Waals surface area contributed by atoms with E-state index >= 15 is 0 Å². The quantitative estimate of drug-likeness (QED) is 0.699. The predicted octanol–water partition coefficient (Wildman–Crippen LogP) is 4.09. The topological polar surface area (TPSA) is 25.8 Å². The molecule has 0 bridgehead atoms. The molecule has 0 N–H and O–H groups in total. The van der Waals surface area contributed by atoms with Gasteiger partial charge in [0.25, 0.3) is 0 Å². The first kappa shape index (κ1) is 12.4. The van der Waals surface area contributed by atoms with Crippen LogP contribution in [-0.4, -0.2) is 9.97 Å². The molecule has 0 atom stereocenters. The van der Waals surface area contributed by atoms with Crippen LogP contribution in [0.3, 0.4) is 0 Å². The number of aromatic nitrogens is 2. The molecule has 0 radical (unpaired) electrons. The lowest BCUT2D eigenvalue weighted by Crippen LogP contribution is -1.90. The molecule has 20 heavy (non-hydrogen) atoms. The minimum atomic E-state index is -0.326. The van der Waals surface area contributed by atoms with Gasteiger partial charge in [-0.25, -0.2) is 18.7 Å². The Morgan fingerprint density at radius 2 is 1.15 bits per heavy atom. The molecule has 1 heterocycles. The van der Waals surface area contributed by atoms with Crippen LogP contribution in [0, 0.1) is 11.6 Å². The number of rotatable bonds is 2. The zero-order valence-electron chi connectivity index (χ0n) is 10.4. The molecule has 0 aliphatic carbocycles. The average molecular weight is 268 g/mol. The maximum Gasteiger partial charge on any atom is 0.123 e. The molecule has 2 aromatic carbocycles. The lowest BCUT2D eigenvalue weighted by atomic mass is 10.1. The summed E-state index contributed by atoms with van der Waals surface area (Å²) in [5, 5.41) is 0. The molecule has 3 aromatic rings. The van der Waals surface area contributed by atoms with E-state index < -0.39 is 0 Å². The minimum Gasteiger partial charge on any atom is -0.236 e. The fourth-order valence-electron chi connectivity index (χ4n) is 1.97. The molecule has 0 aliphatic heterocycles. The Balaban J connectivity index is 2.06. The van der Waals surface area contributed by atoms with Gasteiger partial charge in [-0.3, -0.25) is 0 Å². The van der Waals surface area contributed by atoms with Gasteiger partial charge < -0.3 is 0 Å². The lowest BCUT2D eigenvalue weighted by Gasteiger charge is -2.04. The number of halogens is 2. The van der Waals surface area contributed by atoms with Crippen molar-refractivity contribution in [2.24, 2.45) is 0 Å². The van der Waals surface area contributed by atoms with Crippen LogP contribution in [-0.2, 0) is 0 Å². The van der Waals surface area contributed by atoms with Gasteiger partial charge in [-0.2, -0.15) is 0 Å². The van der Waals surface area contributed by atoms with Crippen LogP contribution in [0.1, 0.15) is 0 Å². The Morgan fingerprint density at radius 1 is 0.650 bits per heavy atom. The van der Waals surface area contributed by atoms with E-state index in [1.165, 1.54) is 30.6 Å². The Bertz CT molecular complexity index is 696. The van der Waals surface area contributed by atoms with Crippen molar-refractivity contribution >= 4 is 0 Å². The molecule has 3 rings (SSSR count).